The van der Waals surface area contributed by atoms with E-state index in [0.29, 0.717) is 22.9 Å². The van der Waals surface area contributed by atoms with Gasteiger partial charge in [0.2, 0.25) is 15.9 Å². The van der Waals surface area contributed by atoms with E-state index in [9.17, 15) is 18.0 Å². The number of ether oxygens (including phenoxy) is 2. The number of hydrogen-bond donors (Lipinski definition) is 2. The van der Waals surface area contributed by atoms with Crippen LogP contribution in [0.4, 0.5) is 11.4 Å². The SMILES string of the molecule is COc1ccc(N2C(=O)C[C@@H](Nc3ccc(S(N)(=O)=O)cc3)C2=O)cc1OC. The molecule has 2 amide bonds. The zero-order valence-corrected chi connectivity index (χ0v) is 16.0. The highest BCUT2D eigenvalue weighted by Gasteiger charge is 2.39. The molecule has 1 aliphatic heterocycles. The summed E-state index contributed by atoms with van der Waals surface area (Å²) >= 11 is 0. The molecule has 28 heavy (non-hydrogen) atoms. The van der Waals surface area contributed by atoms with E-state index in [1.807, 2.05) is 0 Å². The molecule has 148 valence electrons. The summed E-state index contributed by atoms with van der Waals surface area (Å²) in [5.74, 6) is 0.0918. The number of nitrogens with two attached hydrogens (primary N) is 1. The molecule has 0 unspecified atom stereocenters. The molecule has 0 aliphatic carbocycles. The van der Waals surface area contributed by atoms with Crippen molar-refractivity contribution in [1.82, 2.24) is 0 Å². The van der Waals surface area contributed by atoms with E-state index in [0.717, 1.165) is 4.90 Å². The number of imide groups is 1. The number of carbonyl (C=O) groups excluding carboxylic acids is 2. The summed E-state index contributed by atoms with van der Waals surface area (Å²) in [6.45, 7) is 0. The van der Waals surface area contributed by atoms with Crippen molar-refractivity contribution in [2.75, 3.05) is 24.4 Å². The minimum absolute atomic E-state index is 0.0376. The van der Waals surface area contributed by atoms with E-state index in [4.69, 9.17) is 14.6 Å². The second-order valence-electron chi connectivity index (χ2n) is 6.08. The second kappa shape index (κ2) is 7.49. The Morgan fingerprint density at radius 3 is 2.25 bits per heavy atom. The zero-order valence-electron chi connectivity index (χ0n) is 15.2. The van der Waals surface area contributed by atoms with Crippen LogP contribution >= 0.6 is 0 Å². The molecule has 1 atom stereocenters. The lowest BCUT2D eigenvalue weighted by Crippen LogP contribution is -2.34. The molecule has 0 radical (unpaired) electrons. The molecule has 0 aromatic heterocycles. The first kappa shape index (κ1) is 19.6. The second-order valence-corrected chi connectivity index (χ2v) is 7.64. The van der Waals surface area contributed by atoms with E-state index in [1.165, 1.54) is 38.5 Å². The summed E-state index contributed by atoms with van der Waals surface area (Å²) < 4.78 is 33.0. The Morgan fingerprint density at radius 1 is 1.04 bits per heavy atom. The molecule has 0 spiro atoms. The molecular weight excluding hydrogens is 386 g/mol. The summed E-state index contributed by atoms with van der Waals surface area (Å²) in [4.78, 5) is 26.2. The smallest absolute Gasteiger partial charge is 0.256 e. The number of methoxy groups -OCH3 is 2. The number of rotatable bonds is 6. The van der Waals surface area contributed by atoms with Gasteiger partial charge in [-0.15, -0.1) is 0 Å². The normalized spacial score (nSPS) is 17.0. The van der Waals surface area contributed by atoms with Crippen LogP contribution in [-0.4, -0.2) is 40.5 Å². The number of hydrogen-bond acceptors (Lipinski definition) is 7. The van der Waals surface area contributed by atoms with Gasteiger partial charge in [-0.05, 0) is 36.4 Å². The molecule has 1 heterocycles. The molecule has 0 bridgehead atoms. The molecule has 1 fully saturated rings. The number of benzene rings is 2. The summed E-state index contributed by atoms with van der Waals surface area (Å²) in [6.07, 6.45) is -0.0376. The van der Waals surface area contributed by atoms with Gasteiger partial charge in [0, 0.05) is 11.8 Å². The van der Waals surface area contributed by atoms with Crippen LogP contribution in [0.15, 0.2) is 47.4 Å². The lowest BCUT2D eigenvalue weighted by molar-refractivity contribution is -0.121. The predicted molar refractivity (Wildman–Crippen MR) is 102 cm³/mol. The fourth-order valence-corrected chi connectivity index (χ4v) is 3.44. The van der Waals surface area contributed by atoms with Crippen molar-refractivity contribution in [3.63, 3.8) is 0 Å². The van der Waals surface area contributed by atoms with Gasteiger partial charge in [0.25, 0.3) is 5.91 Å². The van der Waals surface area contributed by atoms with Gasteiger partial charge < -0.3 is 14.8 Å². The van der Waals surface area contributed by atoms with Gasteiger partial charge >= 0.3 is 0 Å². The fourth-order valence-electron chi connectivity index (χ4n) is 2.92. The molecule has 10 heteroatoms. The number of primary sulfonamides is 1. The van der Waals surface area contributed by atoms with Crippen molar-refractivity contribution in [2.24, 2.45) is 5.14 Å². The molecule has 3 N–H and O–H groups in total. The van der Waals surface area contributed by atoms with Gasteiger partial charge in [-0.2, -0.15) is 0 Å². The third kappa shape index (κ3) is 3.78. The summed E-state index contributed by atoms with van der Waals surface area (Å²) in [7, 11) is -0.849. The van der Waals surface area contributed by atoms with Crippen molar-refractivity contribution in [1.29, 1.82) is 0 Å². The molecule has 1 saturated heterocycles. The quantitative estimate of drug-likeness (QED) is 0.689. The molecule has 3 rings (SSSR count). The summed E-state index contributed by atoms with van der Waals surface area (Å²) in [6, 6.07) is 9.60. The van der Waals surface area contributed by atoms with Crippen molar-refractivity contribution in [3.8, 4) is 11.5 Å². The van der Waals surface area contributed by atoms with Gasteiger partial charge in [-0.3, -0.25) is 9.59 Å². The van der Waals surface area contributed by atoms with Crippen LogP contribution in [-0.2, 0) is 19.6 Å². The van der Waals surface area contributed by atoms with Crippen LogP contribution in [0.5, 0.6) is 11.5 Å². The Kier molecular flexibility index (Phi) is 5.25. The van der Waals surface area contributed by atoms with Crippen LogP contribution in [0.25, 0.3) is 0 Å². The first-order valence-electron chi connectivity index (χ1n) is 8.23. The number of nitrogens with one attached hydrogen (secondary N) is 1. The van der Waals surface area contributed by atoms with Crippen LogP contribution in [0, 0.1) is 0 Å². The fraction of sp³-hybridized carbons (Fsp3) is 0.222. The molecule has 0 saturated carbocycles. The van der Waals surface area contributed by atoms with Crippen molar-refractivity contribution in [2.45, 2.75) is 17.4 Å². The third-order valence-corrected chi connectivity index (χ3v) is 5.22. The molecule has 2 aromatic carbocycles. The lowest BCUT2D eigenvalue weighted by atomic mass is 10.2. The van der Waals surface area contributed by atoms with E-state index in [2.05, 4.69) is 5.32 Å². The van der Waals surface area contributed by atoms with E-state index < -0.39 is 22.0 Å². The van der Waals surface area contributed by atoms with Crippen molar-refractivity contribution >= 4 is 33.2 Å². The minimum Gasteiger partial charge on any atom is -0.493 e. The van der Waals surface area contributed by atoms with Crippen molar-refractivity contribution < 1.29 is 27.5 Å². The Morgan fingerprint density at radius 2 is 1.68 bits per heavy atom. The molecule has 9 nitrogen and oxygen atoms in total. The summed E-state index contributed by atoms with van der Waals surface area (Å²) in [5.41, 5.74) is 0.870. The van der Waals surface area contributed by atoms with E-state index >= 15 is 0 Å². The Bertz CT molecular complexity index is 1020. The molecular formula is C18H19N3O6S. The first-order chi connectivity index (χ1) is 13.2. The van der Waals surface area contributed by atoms with Crippen LogP contribution in [0.1, 0.15) is 6.42 Å². The van der Waals surface area contributed by atoms with Gasteiger partial charge in [0.15, 0.2) is 11.5 Å². The maximum Gasteiger partial charge on any atom is 0.256 e. The zero-order chi connectivity index (χ0) is 20.5. The van der Waals surface area contributed by atoms with Crippen LogP contribution < -0.4 is 24.8 Å². The number of amides is 2. The Labute approximate surface area is 162 Å². The lowest BCUT2D eigenvalue weighted by Gasteiger charge is -2.18. The highest BCUT2D eigenvalue weighted by Crippen LogP contribution is 2.34. The van der Waals surface area contributed by atoms with E-state index in [-0.39, 0.29) is 17.2 Å². The Balaban J connectivity index is 1.80. The number of carbonyl (C=O) groups is 2. The number of anilines is 2. The molecule has 1 aliphatic rings. The predicted octanol–water partition coefficient (Wildman–Crippen LogP) is 1.10. The number of sulfonamides is 1. The monoisotopic (exact) mass is 405 g/mol. The minimum atomic E-state index is -3.80. The Hall–Kier alpha value is -3.11. The average molecular weight is 405 g/mol. The standard InChI is InChI=1S/C18H19N3O6S/c1-26-15-8-5-12(9-16(15)27-2)21-17(22)10-14(18(21)23)20-11-3-6-13(7-4-11)28(19,24)25/h3-9,14,20H,10H2,1-2H3,(H2,19,24,25)/t14-/m1/s1. The maximum atomic E-state index is 12.8. The molecule has 2 aromatic rings. The third-order valence-electron chi connectivity index (χ3n) is 4.30. The highest BCUT2D eigenvalue weighted by atomic mass is 32.2. The van der Waals surface area contributed by atoms with Gasteiger partial charge in [-0.1, -0.05) is 0 Å². The van der Waals surface area contributed by atoms with Gasteiger partial charge in [0.05, 0.1) is 31.2 Å². The topological polar surface area (TPSA) is 128 Å². The van der Waals surface area contributed by atoms with Gasteiger partial charge in [0.1, 0.15) is 6.04 Å². The number of nitrogens with zero attached hydrogens (tertiary/aromatic N) is 1. The highest BCUT2D eigenvalue weighted by molar-refractivity contribution is 7.89. The average Bonchev–Trinajstić information content (AvgIpc) is 2.94. The van der Waals surface area contributed by atoms with Crippen LogP contribution in [0.2, 0.25) is 0 Å². The summed E-state index contributed by atoms with van der Waals surface area (Å²) in [5, 5.41) is 8.01. The largest absolute Gasteiger partial charge is 0.493 e. The van der Waals surface area contributed by atoms with E-state index in [1.54, 1.807) is 18.2 Å². The van der Waals surface area contributed by atoms with Crippen LogP contribution in [0.3, 0.4) is 0 Å². The van der Waals surface area contributed by atoms with Crippen molar-refractivity contribution in [3.05, 3.63) is 42.5 Å². The van der Waals surface area contributed by atoms with Gasteiger partial charge in [-0.25, -0.2) is 18.5 Å². The first-order valence-corrected chi connectivity index (χ1v) is 9.77. The maximum absolute atomic E-state index is 12.8.